The van der Waals surface area contributed by atoms with Crippen LogP contribution in [0.15, 0.2) is 22.9 Å². The quantitative estimate of drug-likeness (QED) is 0.813. The van der Waals surface area contributed by atoms with E-state index < -0.39 is 5.82 Å². The molecule has 0 saturated heterocycles. The Balaban J connectivity index is 2.72. The van der Waals surface area contributed by atoms with Gasteiger partial charge in [-0.15, -0.1) is 0 Å². The van der Waals surface area contributed by atoms with Crippen molar-refractivity contribution in [1.82, 2.24) is 5.16 Å². The van der Waals surface area contributed by atoms with E-state index >= 15 is 0 Å². The van der Waals surface area contributed by atoms with Gasteiger partial charge in [-0.25, -0.2) is 4.39 Å². The van der Waals surface area contributed by atoms with Crippen molar-refractivity contribution >= 4 is 17.5 Å². The zero-order valence-corrected chi connectivity index (χ0v) is 8.68. The molecule has 0 fully saturated rings. The van der Waals surface area contributed by atoms with Crippen LogP contribution in [0.25, 0.3) is 11.1 Å². The van der Waals surface area contributed by atoms with Gasteiger partial charge in [-0.1, -0.05) is 22.8 Å². The summed E-state index contributed by atoms with van der Waals surface area (Å²) >= 11 is 5.86. The molecule has 0 amide bonds. The predicted molar refractivity (Wildman–Crippen MR) is 56.1 cm³/mol. The number of rotatable bonds is 1. The summed E-state index contributed by atoms with van der Waals surface area (Å²) in [6.45, 7) is 1.81. The zero-order valence-electron chi connectivity index (χ0n) is 7.92. The van der Waals surface area contributed by atoms with Crippen molar-refractivity contribution in [3.63, 3.8) is 0 Å². The summed E-state index contributed by atoms with van der Waals surface area (Å²) in [5.74, 6) is -0.358. The van der Waals surface area contributed by atoms with E-state index in [1.165, 1.54) is 12.3 Å². The molecular weight excluding hydrogens is 219 g/mol. The lowest BCUT2D eigenvalue weighted by atomic mass is 10.0. The van der Waals surface area contributed by atoms with Crippen LogP contribution in [-0.4, -0.2) is 5.16 Å². The van der Waals surface area contributed by atoms with Crippen molar-refractivity contribution in [2.45, 2.75) is 6.92 Å². The lowest BCUT2D eigenvalue weighted by Crippen LogP contribution is -1.91. The molecular formula is C10H8ClFN2O. The van der Waals surface area contributed by atoms with Crippen LogP contribution in [0, 0.1) is 12.7 Å². The van der Waals surface area contributed by atoms with E-state index in [0.29, 0.717) is 11.1 Å². The van der Waals surface area contributed by atoms with Crippen LogP contribution in [0.5, 0.6) is 0 Å². The number of nitrogen functional groups attached to an aromatic ring is 1. The lowest BCUT2D eigenvalue weighted by Gasteiger charge is -2.06. The number of anilines is 1. The molecule has 0 atom stereocenters. The smallest absolute Gasteiger partial charge is 0.230 e. The van der Waals surface area contributed by atoms with Crippen LogP contribution in [0.3, 0.4) is 0 Å². The zero-order chi connectivity index (χ0) is 11.0. The number of nitrogens with zero attached hydrogens (tertiary/aromatic N) is 1. The molecule has 3 nitrogen and oxygen atoms in total. The lowest BCUT2D eigenvalue weighted by molar-refractivity contribution is 0.436. The first-order valence-corrected chi connectivity index (χ1v) is 4.64. The third-order valence-electron chi connectivity index (χ3n) is 2.17. The van der Waals surface area contributed by atoms with Crippen molar-refractivity contribution in [3.8, 4) is 11.1 Å². The Bertz CT molecular complexity index is 510. The number of hydrogen-bond donors (Lipinski definition) is 1. The number of nitrogens with two attached hydrogens (primary N) is 1. The third kappa shape index (κ3) is 1.57. The normalized spacial score (nSPS) is 10.6. The minimum Gasteiger partial charge on any atom is -0.367 e. The number of halogens is 2. The Labute approximate surface area is 90.6 Å². The minimum absolute atomic E-state index is 0.0323. The van der Waals surface area contributed by atoms with Gasteiger partial charge >= 0.3 is 0 Å². The first kappa shape index (κ1) is 9.98. The topological polar surface area (TPSA) is 52.0 Å². The van der Waals surface area contributed by atoms with Gasteiger partial charge in [-0.05, 0) is 18.6 Å². The molecule has 0 saturated carbocycles. The molecule has 0 spiro atoms. The Morgan fingerprint density at radius 1 is 1.47 bits per heavy atom. The molecule has 2 N–H and O–H groups in total. The van der Waals surface area contributed by atoms with E-state index in [1.807, 2.05) is 6.92 Å². The highest BCUT2D eigenvalue weighted by atomic mass is 35.5. The first-order valence-electron chi connectivity index (χ1n) is 4.26. The highest BCUT2D eigenvalue weighted by Gasteiger charge is 2.16. The predicted octanol–water partition coefficient (Wildman–Crippen LogP) is 3.02. The molecule has 2 rings (SSSR count). The maximum Gasteiger partial charge on any atom is 0.230 e. The van der Waals surface area contributed by atoms with Gasteiger partial charge in [0.15, 0.2) is 0 Å². The fourth-order valence-corrected chi connectivity index (χ4v) is 1.73. The minimum atomic E-state index is -0.488. The summed E-state index contributed by atoms with van der Waals surface area (Å²) < 4.78 is 18.0. The fraction of sp³-hybridized carbons (Fsp3) is 0.100. The SMILES string of the molecule is Cc1ccc(F)c(Cl)c1-c1cnoc1N. The van der Waals surface area contributed by atoms with Crippen molar-refractivity contribution in [2.24, 2.45) is 0 Å². The second kappa shape index (κ2) is 3.55. The molecule has 15 heavy (non-hydrogen) atoms. The molecule has 1 aromatic carbocycles. The summed E-state index contributed by atoms with van der Waals surface area (Å²) in [6.07, 6.45) is 1.42. The standard InChI is InChI=1S/C10H8ClFN2O/c1-5-2-3-7(12)9(11)8(5)6-4-14-15-10(6)13/h2-4H,13H2,1H3. The van der Waals surface area contributed by atoms with E-state index in [-0.39, 0.29) is 10.9 Å². The maximum atomic E-state index is 13.3. The average molecular weight is 227 g/mol. The van der Waals surface area contributed by atoms with Gasteiger partial charge in [0.05, 0.1) is 16.8 Å². The van der Waals surface area contributed by atoms with E-state index in [2.05, 4.69) is 5.16 Å². The highest BCUT2D eigenvalue weighted by molar-refractivity contribution is 6.33. The van der Waals surface area contributed by atoms with Crippen LogP contribution in [0.1, 0.15) is 5.56 Å². The molecule has 0 aliphatic heterocycles. The molecule has 5 heteroatoms. The summed E-state index contributed by atoms with van der Waals surface area (Å²) in [5.41, 5.74) is 7.40. The largest absolute Gasteiger partial charge is 0.367 e. The molecule has 0 radical (unpaired) electrons. The molecule has 2 aromatic rings. The molecule has 0 aliphatic carbocycles. The van der Waals surface area contributed by atoms with Gasteiger partial charge in [0.1, 0.15) is 5.82 Å². The fourth-order valence-electron chi connectivity index (χ4n) is 1.41. The van der Waals surface area contributed by atoms with Crippen LogP contribution in [0.4, 0.5) is 10.3 Å². The van der Waals surface area contributed by atoms with Gasteiger partial charge in [-0.2, -0.15) is 0 Å². The van der Waals surface area contributed by atoms with Gasteiger partial charge in [-0.3, -0.25) is 0 Å². The molecule has 1 aromatic heterocycles. The van der Waals surface area contributed by atoms with Gasteiger partial charge in [0, 0.05) is 5.56 Å². The molecule has 0 unspecified atom stereocenters. The molecule has 1 heterocycles. The molecule has 78 valence electrons. The van der Waals surface area contributed by atoms with Crippen molar-refractivity contribution in [2.75, 3.05) is 5.73 Å². The van der Waals surface area contributed by atoms with Crippen LogP contribution in [-0.2, 0) is 0 Å². The van der Waals surface area contributed by atoms with Gasteiger partial charge < -0.3 is 10.3 Å². The van der Waals surface area contributed by atoms with E-state index in [4.69, 9.17) is 21.9 Å². The Morgan fingerprint density at radius 3 is 2.80 bits per heavy atom. The second-order valence-electron chi connectivity index (χ2n) is 3.16. The van der Waals surface area contributed by atoms with E-state index in [0.717, 1.165) is 5.56 Å². The second-order valence-corrected chi connectivity index (χ2v) is 3.53. The van der Waals surface area contributed by atoms with E-state index in [9.17, 15) is 4.39 Å². The Hall–Kier alpha value is -1.55. The number of benzene rings is 1. The first-order chi connectivity index (χ1) is 7.11. The van der Waals surface area contributed by atoms with Crippen LogP contribution >= 0.6 is 11.6 Å². The number of hydrogen-bond acceptors (Lipinski definition) is 3. The van der Waals surface area contributed by atoms with Crippen molar-refractivity contribution < 1.29 is 8.91 Å². The monoisotopic (exact) mass is 226 g/mol. The maximum absolute atomic E-state index is 13.3. The summed E-state index contributed by atoms with van der Waals surface area (Å²) in [5, 5.41) is 3.56. The van der Waals surface area contributed by atoms with Crippen LogP contribution < -0.4 is 5.73 Å². The third-order valence-corrected chi connectivity index (χ3v) is 2.54. The summed E-state index contributed by atoms with van der Waals surface area (Å²) in [7, 11) is 0. The van der Waals surface area contributed by atoms with Gasteiger partial charge in [0.2, 0.25) is 5.88 Å². The number of aromatic nitrogens is 1. The Kier molecular flexibility index (Phi) is 2.36. The van der Waals surface area contributed by atoms with Gasteiger partial charge in [0.25, 0.3) is 0 Å². The molecule has 0 aliphatic rings. The summed E-state index contributed by atoms with van der Waals surface area (Å²) in [6, 6.07) is 2.94. The average Bonchev–Trinajstić information content (AvgIpc) is 2.60. The van der Waals surface area contributed by atoms with Crippen LogP contribution in [0.2, 0.25) is 5.02 Å². The highest BCUT2D eigenvalue weighted by Crippen LogP contribution is 2.35. The van der Waals surface area contributed by atoms with Crippen molar-refractivity contribution in [3.05, 3.63) is 34.7 Å². The number of aryl methyl sites for hydroxylation is 1. The van der Waals surface area contributed by atoms with Crippen molar-refractivity contribution in [1.29, 1.82) is 0 Å². The Morgan fingerprint density at radius 2 is 2.20 bits per heavy atom. The summed E-state index contributed by atoms with van der Waals surface area (Å²) in [4.78, 5) is 0. The van der Waals surface area contributed by atoms with E-state index in [1.54, 1.807) is 6.07 Å². The molecule has 0 bridgehead atoms.